The lowest BCUT2D eigenvalue weighted by Crippen LogP contribution is -2.32. The molecule has 0 aromatic carbocycles. The smallest absolute Gasteiger partial charge is 0.212 e. The van der Waals surface area contributed by atoms with Gasteiger partial charge in [0.2, 0.25) is 10.0 Å². The largest absolute Gasteiger partial charge is 0.229 e. The lowest BCUT2D eigenvalue weighted by atomic mass is 10.1. The van der Waals surface area contributed by atoms with Crippen molar-refractivity contribution in [2.75, 3.05) is 24.3 Å². The Morgan fingerprint density at radius 3 is 2.29 bits per heavy atom. The molecule has 2 unspecified atom stereocenters. The summed E-state index contributed by atoms with van der Waals surface area (Å²) in [4.78, 5) is 0. The molecule has 1 N–H and O–H groups in total. The Hall–Kier alpha value is 0.150. The Bertz CT molecular complexity index is 446. The maximum Gasteiger partial charge on any atom is 0.212 e. The predicted octanol–water partition coefficient (Wildman–Crippen LogP) is 0.358. The van der Waals surface area contributed by atoms with Gasteiger partial charge >= 0.3 is 0 Å². The zero-order chi connectivity index (χ0) is 13.1. The zero-order valence-corrected chi connectivity index (χ0v) is 12.1. The van der Waals surface area contributed by atoms with E-state index in [4.69, 9.17) is 11.6 Å². The van der Waals surface area contributed by atoms with Crippen molar-refractivity contribution >= 4 is 31.5 Å². The number of rotatable bonds is 6. The van der Waals surface area contributed by atoms with Crippen LogP contribution in [-0.4, -0.2) is 46.5 Å². The summed E-state index contributed by atoms with van der Waals surface area (Å²) in [6, 6.07) is 0. The number of hydrogen-bond donors (Lipinski definition) is 1. The van der Waals surface area contributed by atoms with Gasteiger partial charge in [-0.2, -0.15) is 0 Å². The lowest BCUT2D eigenvalue weighted by Gasteiger charge is -2.11. The summed E-state index contributed by atoms with van der Waals surface area (Å²) in [5, 5.41) is 0.139. The predicted molar refractivity (Wildman–Crippen MR) is 68.5 cm³/mol. The molecule has 0 heterocycles. The minimum absolute atomic E-state index is 0.139. The molecule has 0 aromatic rings. The van der Waals surface area contributed by atoms with E-state index < -0.39 is 19.9 Å². The fourth-order valence-corrected chi connectivity index (χ4v) is 4.88. The number of nitrogens with one attached hydrogen (secondary N) is 1. The van der Waals surface area contributed by atoms with E-state index in [0.717, 1.165) is 25.5 Å². The lowest BCUT2D eigenvalue weighted by molar-refractivity contribution is 0.520. The monoisotopic (exact) mass is 303 g/mol. The van der Waals surface area contributed by atoms with Crippen molar-refractivity contribution < 1.29 is 16.8 Å². The molecule has 1 aliphatic rings. The van der Waals surface area contributed by atoms with Crippen LogP contribution in [0.1, 0.15) is 19.3 Å². The summed E-state index contributed by atoms with van der Waals surface area (Å²) in [5.74, 6) is -0.445. The van der Waals surface area contributed by atoms with E-state index >= 15 is 0 Å². The number of hydrogen-bond acceptors (Lipinski definition) is 4. The Balaban J connectivity index is 2.35. The van der Waals surface area contributed by atoms with Crippen molar-refractivity contribution in [3.63, 3.8) is 0 Å². The van der Waals surface area contributed by atoms with Crippen molar-refractivity contribution in [1.82, 2.24) is 4.72 Å². The maximum absolute atomic E-state index is 11.5. The van der Waals surface area contributed by atoms with Crippen LogP contribution < -0.4 is 4.72 Å². The highest BCUT2D eigenvalue weighted by atomic mass is 35.5. The van der Waals surface area contributed by atoms with Gasteiger partial charge in [0.05, 0.1) is 11.5 Å². The molecule has 17 heavy (non-hydrogen) atoms. The first-order chi connectivity index (χ1) is 7.68. The summed E-state index contributed by atoms with van der Waals surface area (Å²) < 4.78 is 47.2. The third kappa shape index (κ3) is 6.59. The van der Waals surface area contributed by atoms with Crippen LogP contribution in [0.15, 0.2) is 0 Å². The summed E-state index contributed by atoms with van der Waals surface area (Å²) >= 11 is 5.92. The molecule has 1 aliphatic carbocycles. The van der Waals surface area contributed by atoms with Gasteiger partial charge in [-0.25, -0.2) is 21.6 Å². The first-order valence-electron chi connectivity index (χ1n) is 5.47. The Morgan fingerprint density at radius 2 is 1.82 bits per heavy atom. The molecular formula is C9H18ClNO4S2. The molecule has 5 nitrogen and oxygen atoms in total. The molecule has 2 atom stereocenters. The van der Waals surface area contributed by atoms with Crippen LogP contribution in [-0.2, 0) is 19.9 Å². The minimum Gasteiger partial charge on any atom is -0.229 e. The van der Waals surface area contributed by atoms with Gasteiger partial charge in [0.1, 0.15) is 9.84 Å². The molecule has 0 aromatic heterocycles. The fourth-order valence-electron chi connectivity index (χ4n) is 1.78. The topological polar surface area (TPSA) is 80.3 Å². The third-order valence-electron chi connectivity index (χ3n) is 2.79. The summed E-state index contributed by atoms with van der Waals surface area (Å²) in [5.41, 5.74) is 0. The average molecular weight is 304 g/mol. The molecule has 0 spiro atoms. The van der Waals surface area contributed by atoms with Gasteiger partial charge in [0.25, 0.3) is 0 Å². The van der Waals surface area contributed by atoms with Crippen molar-refractivity contribution in [3.05, 3.63) is 0 Å². The Labute approximate surface area is 108 Å². The second kappa shape index (κ2) is 5.86. The Kier molecular flexibility index (Phi) is 5.24. The number of halogens is 1. The second-order valence-corrected chi connectivity index (χ2v) is 9.38. The molecule has 1 saturated carbocycles. The van der Waals surface area contributed by atoms with Crippen LogP contribution >= 0.6 is 11.6 Å². The highest BCUT2D eigenvalue weighted by molar-refractivity contribution is 7.93. The molecular weight excluding hydrogens is 286 g/mol. The molecule has 0 amide bonds. The average Bonchev–Trinajstić information content (AvgIpc) is 2.58. The van der Waals surface area contributed by atoms with Crippen molar-refractivity contribution in [2.24, 2.45) is 5.92 Å². The molecule has 1 fully saturated rings. The van der Waals surface area contributed by atoms with Crippen LogP contribution in [0, 0.1) is 5.92 Å². The molecule has 102 valence electrons. The van der Waals surface area contributed by atoms with Gasteiger partial charge in [-0.1, -0.05) is 0 Å². The number of sulfonamides is 1. The summed E-state index contributed by atoms with van der Waals surface area (Å²) in [7, 11) is -6.74. The number of alkyl halides is 1. The van der Waals surface area contributed by atoms with E-state index in [-0.39, 0.29) is 22.8 Å². The molecule has 0 bridgehead atoms. The van der Waals surface area contributed by atoms with Crippen LogP contribution in [0.5, 0.6) is 0 Å². The first-order valence-corrected chi connectivity index (χ1v) is 9.62. The third-order valence-corrected chi connectivity index (χ3v) is 5.74. The van der Waals surface area contributed by atoms with E-state index in [1.54, 1.807) is 0 Å². The van der Waals surface area contributed by atoms with Gasteiger partial charge in [-0.15, -0.1) is 11.6 Å². The van der Waals surface area contributed by atoms with E-state index in [1.807, 2.05) is 0 Å². The van der Waals surface area contributed by atoms with Crippen LogP contribution in [0.4, 0.5) is 0 Å². The minimum atomic E-state index is -3.49. The van der Waals surface area contributed by atoms with Gasteiger partial charge < -0.3 is 0 Å². The molecule has 0 saturated heterocycles. The van der Waals surface area contributed by atoms with Crippen molar-refractivity contribution in [2.45, 2.75) is 24.6 Å². The second-order valence-electron chi connectivity index (χ2n) is 4.57. The first kappa shape index (κ1) is 15.2. The van der Waals surface area contributed by atoms with Gasteiger partial charge in [-0.3, -0.25) is 0 Å². The fraction of sp³-hybridized carbons (Fsp3) is 1.00. The van der Waals surface area contributed by atoms with Crippen molar-refractivity contribution in [3.8, 4) is 0 Å². The Morgan fingerprint density at radius 1 is 1.18 bits per heavy atom. The SMILES string of the molecule is CS(=O)(=O)CCS(=O)(=O)NCC1CCC(Cl)C1. The van der Waals surface area contributed by atoms with Gasteiger partial charge in [0, 0.05) is 18.2 Å². The highest BCUT2D eigenvalue weighted by Crippen LogP contribution is 2.28. The van der Waals surface area contributed by atoms with Crippen LogP contribution in [0.2, 0.25) is 0 Å². The van der Waals surface area contributed by atoms with Gasteiger partial charge in [-0.05, 0) is 25.2 Å². The van der Waals surface area contributed by atoms with E-state index in [9.17, 15) is 16.8 Å². The van der Waals surface area contributed by atoms with E-state index in [1.165, 1.54) is 0 Å². The highest BCUT2D eigenvalue weighted by Gasteiger charge is 2.24. The normalized spacial score (nSPS) is 26.2. The quantitative estimate of drug-likeness (QED) is 0.718. The van der Waals surface area contributed by atoms with Crippen LogP contribution in [0.3, 0.4) is 0 Å². The summed E-state index contributed by atoms with van der Waals surface area (Å²) in [6.07, 6.45) is 3.67. The van der Waals surface area contributed by atoms with Crippen LogP contribution in [0.25, 0.3) is 0 Å². The summed E-state index contributed by atoms with van der Waals surface area (Å²) in [6.45, 7) is 0.356. The molecule has 0 aliphatic heterocycles. The maximum atomic E-state index is 11.5. The molecule has 8 heteroatoms. The number of sulfone groups is 1. The molecule has 1 rings (SSSR count). The molecule has 0 radical (unpaired) electrons. The van der Waals surface area contributed by atoms with E-state index in [2.05, 4.69) is 4.72 Å². The van der Waals surface area contributed by atoms with Gasteiger partial charge in [0.15, 0.2) is 0 Å². The van der Waals surface area contributed by atoms with E-state index in [0.29, 0.717) is 6.54 Å². The standard InChI is InChI=1S/C9H18ClNO4S2/c1-16(12,13)4-5-17(14,15)11-7-8-2-3-9(10)6-8/h8-9,11H,2-7H2,1H3. The zero-order valence-electron chi connectivity index (χ0n) is 9.72. The van der Waals surface area contributed by atoms with Crippen molar-refractivity contribution in [1.29, 1.82) is 0 Å².